The summed E-state index contributed by atoms with van der Waals surface area (Å²) in [6.45, 7) is 14.0. The molecule has 0 amide bonds. The molecule has 0 atom stereocenters. The van der Waals surface area contributed by atoms with Crippen molar-refractivity contribution in [1.82, 2.24) is 9.97 Å². The highest BCUT2D eigenvalue weighted by molar-refractivity contribution is 5.58. The highest BCUT2D eigenvalue weighted by Crippen LogP contribution is 2.27. The van der Waals surface area contributed by atoms with E-state index in [-0.39, 0.29) is 5.41 Å². The summed E-state index contributed by atoms with van der Waals surface area (Å²) in [4.78, 5) is 11.5. The zero-order valence-corrected chi connectivity index (χ0v) is 13.6. The van der Waals surface area contributed by atoms with Crippen LogP contribution in [0.4, 0.5) is 11.6 Å². The molecule has 0 radical (unpaired) electrons. The van der Waals surface area contributed by atoms with Crippen LogP contribution in [-0.2, 0) is 0 Å². The van der Waals surface area contributed by atoms with E-state index in [1.807, 2.05) is 7.05 Å². The van der Waals surface area contributed by atoms with Crippen molar-refractivity contribution in [2.45, 2.75) is 47.5 Å². The third-order valence-corrected chi connectivity index (χ3v) is 2.96. The van der Waals surface area contributed by atoms with Crippen molar-refractivity contribution in [3.8, 4) is 0 Å². The smallest absolute Gasteiger partial charge is 0.137 e. The highest BCUT2D eigenvalue weighted by Gasteiger charge is 2.19. The number of nitrogens with zero attached hydrogens (tertiary/aromatic N) is 3. The van der Waals surface area contributed by atoms with Crippen LogP contribution in [0, 0.1) is 12.3 Å². The molecular formula is C15H28N4. The summed E-state index contributed by atoms with van der Waals surface area (Å²) in [7, 11) is 4.01. The zero-order chi connectivity index (χ0) is 14.8. The van der Waals surface area contributed by atoms with Gasteiger partial charge in [-0.15, -0.1) is 0 Å². The van der Waals surface area contributed by atoms with Gasteiger partial charge in [0.1, 0.15) is 17.5 Å². The summed E-state index contributed by atoms with van der Waals surface area (Å²) >= 11 is 0. The monoisotopic (exact) mass is 264 g/mol. The molecule has 0 unspecified atom stereocenters. The van der Waals surface area contributed by atoms with Gasteiger partial charge >= 0.3 is 0 Å². The van der Waals surface area contributed by atoms with Gasteiger partial charge in [0, 0.05) is 32.1 Å². The number of hydrogen-bond donors (Lipinski definition) is 1. The Bertz CT molecular complexity index is 433. The van der Waals surface area contributed by atoms with Crippen LogP contribution in [0.5, 0.6) is 0 Å². The van der Waals surface area contributed by atoms with Gasteiger partial charge in [0.15, 0.2) is 0 Å². The average molecular weight is 264 g/mol. The third-order valence-electron chi connectivity index (χ3n) is 2.96. The van der Waals surface area contributed by atoms with Crippen LogP contribution in [0.3, 0.4) is 0 Å². The standard InChI is InChI=1S/C15H28N4/c1-10(2)12-17-13(16-7)11(3)14(18-12)19(8)9-15(4,5)6/h10H,9H2,1-8H3,(H,16,17,18). The van der Waals surface area contributed by atoms with E-state index in [1.54, 1.807) is 0 Å². The zero-order valence-electron chi connectivity index (χ0n) is 13.6. The van der Waals surface area contributed by atoms with E-state index in [2.05, 4.69) is 63.8 Å². The number of hydrogen-bond acceptors (Lipinski definition) is 4. The van der Waals surface area contributed by atoms with Crippen molar-refractivity contribution >= 4 is 11.6 Å². The Hall–Kier alpha value is -1.32. The lowest BCUT2D eigenvalue weighted by Gasteiger charge is -2.29. The maximum absolute atomic E-state index is 4.74. The van der Waals surface area contributed by atoms with Gasteiger partial charge in [0.25, 0.3) is 0 Å². The van der Waals surface area contributed by atoms with E-state index in [4.69, 9.17) is 4.98 Å². The van der Waals surface area contributed by atoms with Gasteiger partial charge < -0.3 is 10.2 Å². The minimum Gasteiger partial charge on any atom is -0.373 e. The summed E-state index contributed by atoms with van der Waals surface area (Å²) in [5, 5.41) is 3.17. The molecule has 1 rings (SSSR count). The van der Waals surface area contributed by atoms with Gasteiger partial charge in [-0.1, -0.05) is 34.6 Å². The molecular weight excluding hydrogens is 236 g/mol. The van der Waals surface area contributed by atoms with Crippen LogP contribution >= 0.6 is 0 Å². The second-order valence-electron chi connectivity index (χ2n) is 6.70. The highest BCUT2D eigenvalue weighted by atomic mass is 15.2. The molecule has 0 saturated heterocycles. The SMILES string of the molecule is CNc1nc(C(C)C)nc(N(C)CC(C)(C)C)c1C. The molecule has 0 aliphatic heterocycles. The van der Waals surface area contributed by atoms with Crippen LogP contribution in [0.1, 0.15) is 51.9 Å². The van der Waals surface area contributed by atoms with Gasteiger partial charge in [-0.3, -0.25) is 0 Å². The normalized spacial score (nSPS) is 11.8. The quantitative estimate of drug-likeness (QED) is 0.904. The first kappa shape index (κ1) is 15.7. The lowest BCUT2D eigenvalue weighted by Crippen LogP contribution is -2.31. The largest absolute Gasteiger partial charge is 0.373 e. The van der Waals surface area contributed by atoms with Crippen molar-refractivity contribution in [3.05, 3.63) is 11.4 Å². The molecule has 1 aromatic rings. The van der Waals surface area contributed by atoms with Crippen molar-refractivity contribution in [2.24, 2.45) is 5.41 Å². The molecule has 4 heteroatoms. The lowest BCUT2D eigenvalue weighted by atomic mass is 9.96. The molecule has 0 fully saturated rings. The number of anilines is 2. The molecule has 0 saturated carbocycles. The molecule has 108 valence electrons. The number of rotatable bonds is 4. The van der Waals surface area contributed by atoms with E-state index in [1.165, 1.54) is 0 Å². The Morgan fingerprint density at radius 1 is 1.21 bits per heavy atom. The van der Waals surface area contributed by atoms with Gasteiger partial charge in [0.2, 0.25) is 0 Å². The fourth-order valence-corrected chi connectivity index (χ4v) is 2.18. The summed E-state index contributed by atoms with van der Waals surface area (Å²) in [5.41, 5.74) is 1.35. The van der Waals surface area contributed by atoms with E-state index in [0.717, 1.165) is 29.6 Å². The minimum absolute atomic E-state index is 0.240. The van der Waals surface area contributed by atoms with Crippen molar-refractivity contribution in [2.75, 3.05) is 30.9 Å². The predicted molar refractivity (Wildman–Crippen MR) is 83.1 cm³/mol. The van der Waals surface area contributed by atoms with Crippen LogP contribution in [0.2, 0.25) is 0 Å². The number of aromatic nitrogens is 2. The Morgan fingerprint density at radius 2 is 1.79 bits per heavy atom. The molecule has 19 heavy (non-hydrogen) atoms. The Kier molecular flexibility index (Phi) is 4.77. The molecule has 4 nitrogen and oxygen atoms in total. The molecule has 1 aromatic heterocycles. The first-order valence-electron chi connectivity index (χ1n) is 6.93. The van der Waals surface area contributed by atoms with E-state index < -0.39 is 0 Å². The summed E-state index contributed by atoms with van der Waals surface area (Å²) in [5.74, 6) is 3.17. The van der Waals surface area contributed by atoms with E-state index >= 15 is 0 Å². The predicted octanol–water partition coefficient (Wildman–Crippen LogP) is 3.43. The van der Waals surface area contributed by atoms with Gasteiger partial charge in [-0.25, -0.2) is 9.97 Å². The molecule has 1 heterocycles. The maximum Gasteiger partial charge on any atom is 0.137 e. The summed E-state index contributed by atoms with van der Waals surface area (Å²) in [6.07, 6.45) is 0. The first-order chi connectivity index (χ1) is 8.65. The molecule has 0 aliphatic carbocycles. The van der Waals surface area contributed by atoms with Gasteiger partial charge in [0.05, 0.1) is 0 Å². The van der Waals surface area contributed by atoms with E-state index in [9.17, 15) is 0 Å². The summed E-state index contributed by atoms with van der Waals surface area (Å²) < 4.78 is 0. The van der Waals surface area contributed by atoms with Crippen molar-refractivity contribution in [3.63, 3.8) is 0 Å². The second kappa shape index (κ2) is 5.76. The van der Waals surface area contributed by atoms with Crippen molar-refractivity contribution in [1.29, 1.82) is 0 Å². The lowest BCUT2D eigenvalue weighted by molar-refractivity contribution is 0.417. The van der Waals surface area contributed by atoms with Crippen LogP contribution in [0.15, 0.2) is 0 Å². The fourth-order valence-electron chi connectivity index (χ4n) is 2.18. The van der Waals surface area contributed by atoms with Crippen molar-refractivity contribution < 1.29 is 0 Å². The minimum atomic E-state index is 0.240. The first-order valence-corrected chi connectivity index (χ1v) is 6.93. The molecule has 0 aromatic carbocycles. The Labute approximate surface area is 117 Å². The van der Waals surface area contributed by atoms with Gasteiger partial charge in [-0.2, -0.15) is 0 Å². The number of nitrogens with one attached hydrogen (secondary N) is 1. The van der Waals surface area contributed by atoms with Gasteiger partial charge in [-0.05, 0) is 12.3 Å². The average Bonchev–Trinajstić information content (AvgIpc) is 2.26. The molecule has 0 aliphatic rings. The third kappa shape index (κ3) is 4.08. The van der Waals surface area contributed by atoms with Crippen LogP contribution in [-0.4, -0.2) is 30.6 Å². The van der Waals surface area contributed by atoms with Crippen LogP contribution < -0.4 is 10.2 Å². The molecule has 0 spiro atoms. The van der Waals surface area contributed by atoms with Crippen LogP contribution in [0.25, 0.3) is 0 Å². The molecule has 1 N–H and O–H groups in total. The second-order valence-corrected chi connectivity index (χ2v) is 6.70. The molecule has 0 bridgehead atoms. The maximum atomic E-state index is 4.74. The van der Waals surface area contributed by atoms with E-state index in [0.29, 0.717) is 5.92 Å². The Balaban J connectivity index is 3.21. The fraction of sp³-hybridized carbons (Fsp3) is 0.733. The topological polar surface area (TPSA) is 41.1 Å². The Morgan fingerprint density at radius 3 is 2.21 bits per heavy atom. The summed E-state index contributed by atoms with van der Waals surface area (Å²) in [6, 6.07) is 0.